The lowest BCUT2D eigenvalue weighted by Crippen LogP contribution is -2.50. The van der Waals surface area contributed by atoms with Gasteiger partial charge < -0.3 is 4.74 Å². The first-order valence-electron chi connectivity index (χ1n) is 9.98. The zero-order chi connectivity index (χ0) is 19.3. The lowest BCUT2D eigenvalue weighted by atomic mass is 9.99. The van der Waals surface area contributed by atoms with Crippen LogP contribution in [0, 0.1) is 11.8 Å². The maximum Gasteiger partial charge on any atom is 0.434 e. The number of ether oxygens (including phenoxy) is 1. The number of rotatable bonds is 4. The summed E-state index contributed by atoms with van der Waals surface area (Å²) >= 11 is 0. The van der Waals surface area contributed by atoms with Gasteiger partial charge in [0.25, 0.3) is 0 Å². The summed E-state index contributed by atoms with van der Waals surface area (Å²) in [6.45, 7) is 5.16. The molecule has 144 valence electrons. The zero-order valence-electron chi connectivity index (χ0n) is 16.2. The Balaban J connectivity index is 1.31. The number of hydrogen-bond donors (Lipinski definition) is 0. The van der Waals surface area contributed by atoms with Gasteiger partial charge in [-0.05, 0) is 22.9 Å². The first kappa shape index (κ1) is 17.7. The zero-order valence-corrected chi connectivity index (χ0v) is 17.2. The molecule has 0 unspecified atom stereocenters. The standard InChI is InChI=1S/C23H25NO3Si/c1-28(2,17-11-7-4-8-12-17)22-20-18-13-14-19(21(20)22)27-24(18)23(25)26-15-16-9-5-3-6-10-16/h3-14,18-22H,15H2,1-2H3/t18-,19+,20+,21-,22-/m1/s1. The van der Waals surface area contributed by atoms with Crippen LogP contribution in [-0.2, 0) is 16.2 Å². The molecular weight excluding hydrogens is 366 g/mol. The van der Waals surface area contributed by atoms with Crippen LogP contribution in [0.3, 0.4) is 0 Å². The third-order valence-electron chi connectivity index (χ3n) is 6.65. The molecule has 0 aromatic heterocycles. The molecular formula is C23H25NO3Si. The molecule has 1 saturated heterocycles. The highest BCUT2D eigenvalue weighted by Gasteiger charge is 2.69. The summed E-state index contributed by atoms with van der Waals surface area (Å²) in [5, 5.41) is 2.97. The van der Waals surface area contributed by atoms with Gasteiger partial charge in [-0.25, -0.2) is 4.79 Å². The van der Waals surface area contributed by atoms with Crippen LogP contribution in [0.5, 0.6) is 0 Å². The second-order valence-electron chi connectivity index (χ2n) is 8.58. The van der Waals surface area contributed by atoms with E-state index in [2.05, 4.69) is 55.6 Å². The van der Waals surface area contributed by atoms with Gasteiger partial charge in [-0.3, -0.25) is 4.84 Å². The second kappa shape index (κ2) is 6.60. The van der Waals surface area contributed by atoms with E-state index in [0.717, 1.165) is 5.56 Å². The summed E-state index contributed by atoms with van der Waals surface area (Å²) in [6.07, 6.45) is 3.89. The average Bonchev–Trinajstić information content (AvgIpc) is 3.52. The number of nitrogens with zero attached hydrogens (tertiary/aromatic N) is 1. The van der Waals surface area contributed by atoms with Crippen molar-refractivity contribution >= 4 is 19.4 Å². The first-order valence-corrected chi connectivity index (χ1v) is 13.1. The predicted molar refractivity (Wildman–Crippen MR) is 111 cm³/mol. The van der Waals surface area contributed by atoms with Crippen molar-refractivity contribution in [3.8, 4) is 0 Å². The van der Waals surface area contributed by atoms with E-state index in [1.807, 2.05) is 30.3 Å². The SMILES string of the molecule is C[Si](C)(c1ccccc1)[C@H]1[C@H]2[C@@H]1[C@H]1C=C[C@@H]2ON1C(=O)OCc1ccccc1. The van der Waals surface area contributed by atoms with Crippen LogP contribution < -0.4 is 5.19 Å². The Bertz CT molecular complexity index is 899. The largest absolute Gasteiger partial charge is 0.443 e. The van der Waals surface area contributed by atoms with Crippen molar-refractivity contribution in [2.45, 2.75) is 37.4 Å². The van der Waals surface area contributed by atoms with Gasteiger partial charge in [-0.2, -0.15) is 5.06 Å². The van der Waals surface area contributed by atoms with Crippen LogP contribution in [0.2, 0.25) is 18.6 Å². The molecule has 0 spiro atoms. The van der Waals surface area contributed by atoms with E-state index < -0.39 is 8.07 Å². The number of carbonyl (C=O) groups is 1. The third kappa shape index (κ3) is 2.81. The molecule has 0 radical (unpaired) electrons. The van der Waals surface area contributed by atoms with E-state index >= 15 is 0 Å². The first-order chi connectivity index (χ1) is 13.6. The van der Waals surface area contributed by atoms with Gasteiger partial charge in [0.15, 0.2) is 0 Å². The van der Waals surface area contributed by atoms with Gasteiger partial charge in [0.1, 0.15) is 12.7 Å². The molecule has 28 heavy (non-hydrogen) atoms. The fourth-order valence-corrected chi connectivity index (χ4v) is 9.30. The Kier molecular flexibility index (Phi) is 4.18. The van der Waals surface area contributed by atoms with Crippen molar-refractivity contribution in [3.05, 3.63) is 78.4 Å². The molecule has 2 aliphatic heterocycles. The van der Waals surface area contributed by atoms with Crippen molar-refractivity contribution in [3.63, 3.8) is 0 Å². The number of amides is 1. The normalized spacial score (nSPS) is 30.1. The molecule has 2 bridgehead atoms. The molecule has 2 heterocycles. The molecule has 1 saturated carbocycles. The number of carbonyl (C=O) groups excluding carboxylic acids is 1. The highest BCUT2D eigenvalue weighted by Crippen LogP contribution is 2.66. The van der Waals surface area contributed by atoms with E-state index in [0.29, 0.717) is 17.4 Å². The van der Waals surface area contributed by atoms with Crippen LogP contribution >= 0.6 is 0 Å². The minimum atomic E-state index is -1.65. The molecule has 2 aliphatic carbocycles. The van der Waals surface area contributed by atoms with E-state index in [9.17, 15) is 4.79 Å². The van der Waals surface area contributed by atoms with Crippen molar-refractivity contribution in [2.75, 3.05) is 0 Å². The van der Waals surface area contributed by atoms with E-state index in [1.54, 1.807) is 0 Å². The van der Waals surface area contributed by atoms with Gasteiger partial charge in [0, 0.05) is 0 Å². The van der Waals surface area contributed by atoms with Gasteiger partial charge in [-0.15, -0.1) is 0 Å². The molecule has 2 aromatic rings. The number of fused-ring (bicyclic) bond motifs is 1. The average molecular weight is 392 g/mol. The van der Waals surface area contributed by atoms with Crippen molar-refractivity contribution in [1.29, 1.82) is 0 Å². The summed E-state index contributed by atoms with van der Waals surface area (Å²) in [4.78, 5) is 18.8. The number of hydrogen-bond acceptors (Lipinski definition) is 3. The van der Waals surface area contributed by atoms with Gasteiger partial charge in [0.2, 0.25) is 0 Å². The molecule has 2 fully saturated rings. The number of benzene rings is 2. The van der Waals surface area contributed by atoms with Crippen LogP contribution in [-0.4, -0.2) is 31.4 Å². The molecule has 4 nitrogen and oxygen atoms in total. The maximum atomic E-state index is 12.7. The summed E-state index contributed by atoms with van der Waals surface area (Å²) in [7, 11) is -1.65. The maximum absolute atomic E-state index is 12.7. The molecule has 5 atom stereocenters. The van der Waals surface area contributed by atoms with E-state index in [1.165, 1.54) is 10.2 Å². The van der Waals surface area contributed by atoms with Crippen LogP contribution in [0.15, 0.2) is 72.8 Å². The van der Waals surface area contributed by atoms with E-state index in [-0.39, 0.29) is 24.8 Å². The predicted octanol–water partition coefficient (Wildman–Crippen LogP) is 4.11. The summed E-state index contributed by atoms with van der Waals surface area (Å²) in [5.41, 5.74) is 1.60. The minimum absolute atomic E-state index is 0.0141. The summed E-state index contributed by atoms with van der Waals surface area (Å²) in [6, 6.07) is 20.6. The molecule has 2 aromatic carbocycles. The number of hydroxylamine groups is 2. The monoisotopic (exact) mass is 391 g/mol. The van der Waals surface area contributed by atoms with Gasteiger partial charge >= 0.3 is 6.09 Å². The van der Waals surface area contributed by atoms with E-state index in [4.69, 9.17) is 9.57 Å². The minimum Gasteiger partial charge on any atom is -0.443 e. The highest BCUT2D eigenvalue weighted by atomic mass is 28.3. The Morgan fingerprint density at radius 3 is 2.39 bits per heavy atom. The van der Waals surface area contributed by atoms with Crippen LogP contribution in [0.25, 0.3) is 0 Å². The Morgan fingerprint density at radius 2 is 1.68 bits per heavy atom. The molecule has 0 N–H and O–H groups in total. The Morgan fingerprint density at radius 1 is 1.00 bits per heavy atom. The van der Waals surface area contributed by atoms with Crippen LogP contribution in [0.4, 0.5) is 4.79 Å². The Hall–Kier alpha value is -2.37. The molecule has 4 aliphatic rings. The smallest absolute Gasteiger partial charge is 0.434 e. The molecule has 6 rings (SSSR count). The van der Waals surface area contributed by atoms with Crippen molar-refractivity contribution < 1.29 is 14.4 Å². The van der Waals surface area contributed by atoms with Crippen LogP contribution in [0.1, 0.15) is 5.56 Å². The third-order valence-corrected chi connectivity index (χ3v) is 10.9. The van der Waals surface area contributed by atoms with Crippen molar-refractivity contribution in [2.24, 2.45) is 11.8 Å². The topological polar surface area (TPSA) is 38.8 Å². The highest BCUT2D eigenvalue weighted by molar-refractivity contribution is 6.91. The second-order valence-corrected chi connectivity index (χ2v) is 13.3. The Labute approximate surface area is 166 Å². The van der Waals surface area contributed by atoms with Gasteiger partial charge in [0.05, 0.1) is 14.1 Å². The molecule has 5 heteroatoms. The van der Waals surface area contributed by atoms with Crippen molar-refractivity contribution in [1.82, 2.24) is 5.06 Å². The van der Waals surface area contributed by atoms with Gasteiger partial charge in [-0.1, -0.05) is 91.1 Å². The fourth-order valence-electron chi connectivity index (χ4n) is 5.21. The summed E-state index contributed by atoms with van der Waals surface area (Å²) in [5.74, 6) is 1.00. The quantitative estimate of drug-likeness (QED) is 0.582. The fraction of sp³-hybridized carbons (Fsp3) is 0.348. The lowest BCUT2D eigenvalue weighted by Gasteiger charge is -2.38. The lowest BCUT2D eigenvalue weighted by molar-refractivity contribution is -0.213. The molecule has 1 amide bonds. The summed E-state index contributed by atoms with van der Waals surface area (Å²) < 4.78 is 5.53.